The van der Waals surface area contributed by atoms with E-state index < -0.39 is 12.3 Å². The van der Waals surface area contributed by atoms with Crippen LogP contribution in [0, 0.1) is 17.8 Å². The van der Waals surface area contributed by atoms with E-state index >= 15 is 0 Å². The normalized spacial score (nSPS) is 20.2. The predicted octanol–water partition coefficient (Wildman–Crippen LogP) is 7.11. The van der Waals surface area contributed by atoms with Crippen molar-refractivity contribution in [3.8, 4) is 11.5 Å². The molecule has 0 radical (unpaired) electrons. The van der Waals surface area contributed by atoms with E-state index in [1.165, 1.54) is 38.5 Å². The van der Waals surface area contributed by atoms with Crippen LogP contribution >= 0.6 is 0 Å². The van der Waals surface area contributed by atoms with Crippen LogP contribution in [0.3, 0.4) is 0 Å². The Kier molecular flexibility index (Phi) is 7.57. The molecule has 1 aromatic heterocycles. The summed E-state index contributed by atoms with van der Waals surface area (Å²) < 4.78 is 54.3. The fourth-order valence-corrected chi connectivity index (χ4v) is 5.30. The summed E-state index contributed by atoms with van der Waals surface area (Å²) in [6.45, 7) is 6.68. The van der Waals surface area contributed by atoms with E-state index in [0.29, 0.717) is 40.7 Å². The first-order chi connectivity index (χ1) is 17.5. The summed E-state index contributed by atoms with van der Waals surface area (Å²) in [4.78, 5) is 17.2. The van der Waals surface area contributed by atoms with Crippen LogP contribution in [0.1, 0.15) is 56.4 Å². The molecule has 0 aliphatic heterocycles. The fourth-order valence-electron chi connectivity index (χ4n) is 5.30. The number of esters is 1. The van der Waals surface area contributed by atoms with Gasteiger partial charge in [-0.05, 0) is 60.9 Å². The third-order valence-corrected chi connectivity index (χ3v) is 7.08. The molecule has 1 aliphatic carbocycles. The standard InChI is InChI=1S/C27H32F3N3O4/c1-15(2)19-11-6-16(3)12-22(19)33-23-14-24(35-4)20(25(34)36-5)13-21(23)32-26(33)31-17-7-9-18(10-8-17)37-27(28,29)30/h7-10,13-16,19,22H,6,11-12H2,1-5H3,(H,31,32)/t16-,19-,22-/m1/s1. The van der Waals surface area contributed by atoms with Crippen molar-refractivity contribution in [1.29, 1.82) is 0 Å². The summed E-state index contributed by atoms with van der Waals surface area (Å²) >= 11 is 0. The van der Waals surface area contributed by atoms with Gasteiger partial charge in [-0.2, -0.15) is 0 Å². The maximum atomic E-state index is 12.6. The molecule has 0 amide bonds. The van der Waals surface area contributed by atoms with Gasteiger partial charge in [-0.25, -0.2) is 9.78 Å². The molecule has 2 aromatic carbocycles. The molecule has 7 nitrogen and oxygen atoms in total. The van der Waals surface area contributed by atoms with Crippen LogP contribution < -0.4 is 14.8 Å². The number of alkyl halides is 3. The van der Waals surface area contributed by atoms with Gasteiger partial charge in [-0.1, -0.05) is 27.2 Å². The lowest BCUT2D eigenvalue weighted by atomic mass is 9.74. The van der Waals surface area contributed by atoms with Crippen LogP contribution in [0.4, 0.5) is 24.8 Å². The van der Waals surface area contributed by atoms with Gasteiger partial charge in [-0.3, -0.25) is 0 Å². The van der Waals surface area contributed by atoms with Gasteiger partial charge in [-0.15, -0.1) is 13.2 Å². The van der Waals surface area contributed by atoms with Gasteiger partial charge in [0.2, 0.25) is 5.95 Å². The molecule has 1 N–H and O–H groups in total. The molecule has 0 unspecified atom stereocenters. The van der Waals surface area contributed by atoms with E-state index in [1.54, 1.807) is 12.1 Å². The lowest BCUT2D eigenvalue weighted by molar-refractivity contribution is -0.274. The van der Waals surface area contributed by atoms with E-state index in [0.717, 1.165) is 24.8 Å². The number of aromatic nitrogens is 2. The van der Waals surface area contributed by atoms with E-state index in [9.17, 15) is 18.0 Å². The Morgan fingerprint density at radius 2 is 1.84 bits per heavy atom. The number of rotatable bonds is 7. The van der Waals surface area contributed by atoms with Crippen molar-refractivity contribution < 1.29 is 32.2 Å². The van der Waals surface area contributed by atoms with Crippen LogP contribution in [-0.4, -0.2) is 36.1 Å². The molecule has 3 aromatic rings. The number of imidazole rings is 1. The van der Waals surface area contributed by atoms with Crippen LogP contribution in [-0.2, 0) is 4.74 Å². The average Bonchev–Trinajstić information content (AvgIpc) is 3.19. The van der Waals surface area contributed by atoms with Gasteiger partial charge >= 0.3 is 12.3 Å². The molecule has 4 rings (SSSR count). The molecule has 1 aliphatic rings. The first-order valence-corrected chi connectivity index (χ1v) is 12.3. The highest BCUT2D eigenvalue weighted by atomic mass is 19.4. The Bertz CT molecular complexity index is 1250. The van der Waals surface area contributed by atoms with E-state index in [1.807, 2.05) is 0 Å². The van der Waals surface area contributed by atoms with Crippen molar-refractivity contribution in [2.75, 3.05) is 19.5 Å². The number of hydrogen-bond acceptors (Lipinski definition) is 6. The lowest BCUT2D eigenvalue weighted by Crippen LogP contribution is -2.30. The van der Waals surface area contributed by atoms with Gasteiger partial charge < -0.3 is 24.1 Å². The Morgan fingerprint density at radius 3 is 2.43 bits per heavy atom. The number of carbonyl (C=O) groups excluding carboxylic acids is 1. The van der Waals surface area contributed by atoms with Crippen molar-refractivity contribution in [3.05, 3.63) is 42.0 Å². The highest BCUT2D eigenvalue weighted by Crippen LogP contribution is 2.45. The second kappa shape index (κ2) is 10.5. The van der Waals surface area contributed by atoms with E-state index in [4.69, 9.17) is 14.5 Å². The molecule has 0 spiro atoms. The Hall–Kier alpha value is -3.43. The van der Waals surface area contributed by atoms with Crippen LogP contribution in [0.2, 0.25) is 0 Å². The van der Waals surface area contributed by atoms with Gasteiger partial charge in [0.05, 0.1) is 25.3 Å². The largest absolute Gasteiger partial charge is 0.573 e. The minimum absolute atomic E-state index is 0.123. The number of benzene rings is 2. The summed E-state index contributed by atoms with van der Waals surface area (Å²) in [6, 6.07) is 9.10. The maximum absolute atomic E-state index is 12.6. The maximum Gasteiger partial charge on any atom is 0.573 e. The van der Waals surface area contributed by atoms with Gasteiger partial charge in [0.1, 0.15) is 17.1 Å². The molecule has 37 heavy (non-hydrogen) atoms. The molecular weight excluding hydrogens is 487 g/mol. The second-order valence-electron chi connectivity index (χ2n) is 9.93. The molecule has 3 atom stereocenters. The number of carbonyl (C=O) groups is 1. The third-order valence-electron chi connectivity index (χ3n) is 7.08. The van der Waals surface area contributed by atoms with Crippen molar-refractivity contribution in [2.24, 2.45) is 17.8 Å². The number of anilines is 2. The summed E-state index contributed by atoms with van der Waals surface area (Å²) in [6.07, 6.45) is -1.60. The Morgan fingerprint density at radius 1 is 1.14 bits per heavy atom. The summed E-state index contributed by atoms with van der Waals surface area (Å²) in [5.74, 6) is 1.41. The minimum atomic E-state index is -4.76. The Labute approximate surface area is 213 Å². The fraction of sp³-hybridized carbons (Fsp3) is 0.481. The third kappa shape index (κ3) is 5.78. The molecule has 1 heterocycles. The molecule has 200 valence electrons. The number of methoxy groups -OCH3 is 2. The molecule has 0 saturated heterocycles. The molecular formula is C27H32F3N3O4. The van der Waals surface area contributed by atoms with Gasteiger partial charge in [0.15, 0.2) is 0 Å². The molecule has 0 bridgehead atoms. The number of halogens is 3. The number of nitrogens with one attached hydrogen (secondary N) is 1. The topological polar surface area (TPSA) is 74.6 Å². The van der Waals surface area contributed by atoms with Crippen molar-refractivity contribution in [2.45, 2.75) is 52.4 Å². The average molecular weight is 520 g/mol. The number of fused-ring (bicyclic) bond motifs is 1. The quantitative estimate of drug-likeness (QED) is 0.336. The van der Waals surface area contributed by atoms with Crippen LogP contribution in [0.25, 0.3) is 11.0 Å². The smallest absolute Gasteiger partial charge is 0.496 e. The number of nitrogens with zero attached hydrogens (tertiary/aromatic N) is 2. The van der Waals surface area contributed by atoms with Crippen molar-refractivity contribution in [1.82, 2.24) is 9.55 Å². The predicted molar refractivity (Wildman–Crippen MR) is 134 cm³/mol. The van der Waals surface area contributed by atoms with Gasteiger partial charge in [0.25, 0.3) is 0 Å². The lowest BCUT2D eigenvalue weighted by Gasteiger charge is -2.39. The monoisotopic (exact) mass is 519 g/mol. The molecule has 10 heteroatoms. The van der Waals surface area contributed by atoms with Crippen molar-refractivity contribution in [3.63, 3.8) is 0 Å². The molecule has 1 fully saturated rings. The van der Waals surface area contributed by atoms with Gasteiger partial charge in [0, 0.05) is 17.8 Å². The second-order valence-corrected chi connectivity index (χ2v) is 9.93. The first kappa shape index (κ1) is 26.6. The van der Waals surface area contributed by atoms with E-state index in [2.05, 4.69) is 35.4 Å². The summed E-state index contributed by atoms with van der Waals surface area (Å²) in [5.41, 5.74) is 2.20. The highest BCUT2D eigenvalue weighted by molar-refractivity contribution is 5.97. The number of ether oxygens (including phenoxy) is 3. The summed E-state index contributed by atoms with van der Waals surface area (Å²) in [7, 11) is 2.80. The van der Waals surface area contributed by atoms with Crippen molar-refractivity contribution >= 4 is 28.6 Å². The van der Waals surface area contributed by atoms with Crippen LogP contribution in [0.15, 0.2) is 36.4 Å². The SMILES string of the molecule is COC(=O)c1cc2nc(Nc3ccc(OC(F)(F)F)cc3)n([C@@H]3C[C@H](C)CC[C@@H]3C(C)C)c2cc1OC. The summed E-state index contributed by atoms with van der Waals surface area (Å²) in [5, 5.41) is 3.28. The van der Waals surface area contributed by atoms with E-state index in [-0.39, 0.29) is 17.4 Å². The Balaban J connectivity index is 1.83. The highest BCUT2D eigenvalue weighted by Gasteiger charge is 2.35. The van der Waals surface area contributed by atoms with Crippen LogP contribution in [0.5, 0.6) is 11.5 Å². The zero-order valence-electron chi connectivity index (χ0n) is 21.6. The zero-order valence-corrected chi connectivity index (χ0v) is 21.6. The number of hydrogen-bond donors (Lipinski definition) is 1. The first-order valence-electron chi connectivity index (χ1n) is 12.3. The molecule has 1 saturated carbocycles. The zero-order chi connectivity index (χ0) is 26.9. The minimum Gasteiger partial charge on any atom is -0.496 e.